The van der Waals surface area contributed by atoms with Crippen LogP contribution in [0.25, 0.3) is 0 Å². The van der Waals surface area contributed by atoms with Gasteiger partial charge in [0.2, 0.25) is 11.8 Å². The maximum Gasteiger partial charge on any atom is 0.262 e. The van der Waals surface area contributed by atoms with Gasteiger partial charge in [0, 0.05) is 28.2 Å². The summed E-state index contributed by atoms with van der Waals surface area (Å²) in [5.41, 5.74) is -0.480. The van der Waals surface area contributed by atoms with Crippen molar-refractivity contribution in [2.45, 2.75) is 12.5 Å². The zero-order valence-corrected chi connectivity index (χ0v) is 28.2. The first-order valence-electron chi connectivity index (χ1n) is 11.7. The van der Waals surface area contributed by atoms with Crippen LogP contribution in [0.3, 0.4) is 0 Å². The zero-order chi connectivity index (χ0) is 30.5. The van der Waals surface area contributed by atoms with Gasteiger partial charge in [0.05, 0.1) is 36.0 Å². The molecule has 0 aliphatic rings. The second-order valence-corrected chi connectivity index (χ2v) is 12.4. The summed E-state index contributed by atoms with van der Waals surface area (Å²) in [7, 11) is 5.91. The molecule has 2 heterocycles. The molecule has 0 amide bonds. The molecule has 0 unspecified atom stereocenters. The topological polar surface area (TPSA) is 104 Å². The van der Waals surface area contributed by atoms with E-state index in [9.17, 15) is 19.8 Å². The first-order chi connectivity index (χ1) is 19.2. The summed E-state index contributed by atoms with van der Waals surface area (Å²) in [5, 5.41) is 23.2. The monoisotopic (exact) mass is 762 g/mol. The number of aromatic nitrogens is 4. The van der Waals surface area contributed by atoms with Crippen molar-refractivity contribution in [2.75, 3.05) is 0 Å². The first kappa shape index (κ1) is 31.5. The van der Waals surface area contributed by atoms with Crippen LogP contribution in [0.5, 0.6) is 17.5 Å². The summed E-state index contributed by atoms with van der Waals surface area (Å²) in [5.74, 6) is -1.73. The van der Waals surface area contributed by atoms with Crippen molar-refractivity contribution >= 4 is 79.5 Å². The van der Waals surface area contributed by atoms with Crippen molar-refractivity contribution in [2.24, 2.45) is 28.2 Å². The molecular weight excluding hydrogens is 743 g/mol. The van der Waals surface area contributed by atoms with Crippen LogP contribution in [0.4, 0.5) is 0 Å². The molecular formula is C26H22Br2Cl2N4O5S2. The van der Waals surface area contributed by atoms with Gasteiger partial charge in [-0.2, -0.15) is 0 Å². The molecule has 0 bridgehead atoms. The molecule has 15 heteroatoms. The highest BCUT2D eigenvalue weighted by molar-refractivity contribution is 9.11. The Morgan fingerprint density at radius 1 is 0.805 bits per heavy atom. The molecule has 216 valence electrons. The van der Waals surface area contributed by atoms with Gasteiger partial charge >= 0.3 is 0 Å². The van der Waals surface area contributed by atoms with Crippen molar-refractivity contribution in [3.8, 4) is 17.5 Å². The molecule has 2 aromatic heterocycles. The number of hydrogen-bond donors (Lipinski definition) is 2. The van der Waals surface area contributed by atoms with E-state index in [4.69, 9.17) is 52.4 Å². The Bertz CT molecular complexity index is 1860. The number of aromatic hydroxyl groups is 2. The summed E-state index contributed by atoms with van der Waals surface area (Å²) in [6, 6.07) is 8.42. The lowest BCUT2D eigenvalue weighted by atomic mass is 9.86. The normalized spacial score (nSPS) is 11.3. The van der Waals surface area contributed by atoms with Crippen molar-refractivity contribution in [1.82, 2.24) is 18.3 Å². The van der Waals surface area contributed by atoms with Crippen molar-refractivity contribution in [1.29, 1.82) is 0 Å². The molecule has 0 aliphatic carbocycles. The smallest absolute Gasteiger partial charge is 0.262 e. The molecule has 41 heavy (non-hydrogen) atoms. The zero-order valence-electron chi connectivity index (χ0n) is 21.9. The van der Waals surface area contributed by atoms with Gasteiger partial charge in [0.15, 0.2) is 9.54 Å². The highest BCUT2D eigenvalue weighted by Crippen LogP contribution is 2.43. The SMILES string of the molecule is Cn1c(O)c(C(c2cc(Br)c(OCc3ccc(Cl)c(Cl)c3)c(Br)c2)c2c(O)n(C)c(=S)n(C)c2=O)c(=O)n(C)c1=S. The van der Waals surface area contributed by atoms with Crippen molar-refractivity contribution in [3.63, 3.8) is 0 Å². The highest BCUT2D eigenvalue weighted by atomic mass is 79.9. The van der Waals surface area contributed by atoms with Gasteiger partial charge in [-0.15, -0.1) is 0 Å². The average molecular weight is 765 g/mol. The number of hydrogen-bond acceptors (Lipinski definition) is 7. The van der Waals surface area contributed by atoms with Crippen LogP contribution < -0.4 is 15.9 Å². The van der Waals surface area contributed by atoms with E-state index in [1.807, 2.05) is 0 Å². The largest absolute Gasteiger partial charge is 0.494 e. The van der Waals surface area contributed by atoms with Gasteiger partial charge in [-0.3, -0.25) is 27.9 Å². The average Bonchev–Trinajstić information content (AvgIpc) is 2.93. The van der Waals surface area contributed by atoms with Gasteiger partial charge in [-0.05, 0) is 91.7 Å². The Morgan fingerprint density at radius 2 is 1.27 bits per heavy atom. The molecule has 0 saturated heterocycles. The van der Waals surface area contributed by atoms with Crippen LogP contribution >= 0.6 is 79.5 Å². The highest BCUT2D eigenvalue weighted by Gasteiger charge is 2.33. The minimum absolute atomic E-state index is 0.0620. The quantitative estimate of drug-likeness (QED) is 0.225. The Balaban J connectivity index is 1.98. The summed E-state index contributed by atoms with van der Waals surface area (Å²) < 4.78 is 12.0. The van der Waals surface area contributed by atoms with Crippen molar-refractivity contribution < 1.29 is 14.9 Å². The fourth-order valence-corrected chi connectivity index (χ4v) is 6.48. The van der Waals surface area contributed by atoms with Crippen LogP contribution in [-0.4, -0.2) is 28.5 Å². The Kier molecular flexibility index (Phi) is 9.27. The Morgan fingerprint density at radius 3 is 1.71 bits per heavy atom. The molecule has 0 fully saturated rings. The number of ether oxygens (including phenoxy) is 1. The number of halogens is 4. The molecule has 4 rings (SSSR count). The van der Waals surface area contributed by atoms with E-state index < -0.39 is 28.8 Å². The maximum atomic E-state index is 13.6. The molecule has 0 radical (unpaired) electrons. The van der Waals surface area contributed by atoms with Gasteiger partial charge in [-0.1, -0.05) is 29.3 Å². The lowest BCUT2D eigenvalue weighted by molar-refractivity contribution is 0.302. The van der Waals surface area contributed by atoms with Crippen molar-refractivity contribution in [3.05, 3.63) is 102 Å². The second-order valence-electron chi connectivity index (χ2n) is 9.17. The molecule has 0 saturated carbocycles. The lowest BCUT2D eigenvalue weighted by Gasteiger charge is -2.24. The van der Waals surface area contributed by atoms with E-state index in [0.29, 0.717) is 30.3 Å². The molecule has 0 aliphatic heterocycles. The second kappa shape index (κ2) is 12.1. The molecule has 9 nitrogen and oxygen atoms in total. The minimum atomic E-state index is -1.24. The summed E-state index contributed by atoms with van der Waals surface area (Å²) in [6.45, 7) is 0.159. The molecule has 0 spiro atoms. The maximum absolute atomic E-state index is 13.6. The molecule has 2 N–H and O–H groups in total. The van der Waals surface area contributed by atoms with E-state index >= 15 is 0 Å². The van der Waals surface area contributed by atoms with Gasteiger partial charge in [-0.25, -0.2) is 0 Å². The van der Waals surface area contributed by atoms with Gasteiger partial charge < -0.3 is 14.9 Å². The standard InChI is InChI=1S/C26H22Br2Cl2N4O5S2/c1-31-21(35)18(22(36)32(2)25(31)40)17(19-23(37)33(3)26(41)34(4)24(19)38)12-8-13(27)20(14(28)9-12)39-10-11-5-6-15(29)16(30)7-11/h5-9,17,35,37H,10H2,1-4H3. The lowest BCUT2D eigenvalue weighted by Crippen LogP contribution is -2.33. The van der Waals surface area contributed by atoms with Crippen LogP contribution in [-0.2, 0) is 34.8 Å². The third kappa shape index (κ3) is 5.67. The fraction of sp³-hybridized carbons (Fsp3) is 0.231. The minimum Gasteiger partial charge on any atom is -0.494 e. The van der Waals surface area contributed by atoms with E-state index in [0.717, 1.165) is 5.56 Å². The van der Waals surface area contributed by atoms with Crippen LogP contribution in [0.2, 0.25) is 10.0 Å². The van der Waals surface area contributed by atoms with E-state index in [2.05, 4.69) is 31.9 Å². The van der Waals surface area contributed by atoms with E-state index in [1.165, 1.54) is 46.5 Å². The molecule has 2 aromatic carbocycles. The van der Waals surface area contributed by atoms with E-state index in [1.54, 1.807) is 30.3 Å². The van der Waals surface area contributed by atoms with Crippen LogP contribution in [0, 0.1) is 9.54 Å². The molecule has 4 aromatic rings. The summed E-state index contributed by atoms with van der Waals surface area (Å²) in [4.78, 5) is 27.2. The van der Waals surface area contributed by atoms with Crippen LogP contribution in [0.15, 0.2) is 48.9 Å². The Labute approximate surface area is 271 Å². The third-order valence-corrected chi connectivity index (χ3v) is 9.65. The predicted molar refractivity (Wildman–Crippen MR) is 170 cm³/mol. The molecule has 0 atom stereocenters. The number of rotatable bonds is 6. The van der Waals surface area contributed by atoms with Gasteiger partial charge in [0.25, 0.3) is 11.1 Å². The fourth-order valence-electron chi connectivity index (χ4n) is 4.37. The predicted octanol–water partition coefficient (Wildman–Crippen LogP) is 6.22. The number of nitrogens with zero attached hydrogens (tertiary/aromatic N) is 4. The van der Waals surface area contributed by atoms with Crippen LogP contribution in [0.1, 0.15) is 28.2 Å². The van der Waals surface area contributed by atoms with Gasteiger partial charge in [0.1, 0.15) is 12.4 Å². The number of benzene rings is 2. The third-order valence-electron chi connectivity index (χ3n) is 6.63. The summed E-state index contributed by atoms with van der Waals surface area (Å²) in [6.07, 6.45) is 0. The van der Waals surface area contributed by atoms with E-state index in [-0.39, 0.29) is 27.3 Å². The first-order valence-corrected chi connectivity index (χ1v) is 14.9. The Hall–Kier alpha value is -2.42. The summed E-state index contributed by atoms with van der Waals surface area (Å²) >= 11 is 29.8.